The highest BCUT2D eigenvalue weighted by molar-refractivity contribution is 7.99. The third-order valence-corrected chi connectivity index (χ3v) is 3.96. The second-order valence-corrected chi connectivity index (χ2v) is 6.18. The van der Waals surface area contributed by atoms with E-state index in [4.69, 9.17) is 5.11 Å². The van der Waals surface area contributed by atoms with Crippen molar-refractivity contribution in [3.8, 4) is 0 Å². The lowest BCUT2D eigenvalue weighted by Gasteiger charge is -2.11. The second kappa shape index (κ2) is 6.91. The molecule has 0 atom stereocenters. The Balaban J connectivity index is 2.27. The molecule has 0 unspecified atom stereocenters. The van der Waals surface area contributed by atoms with Crippen LogP contribution in [0.1, 0.15) is 12.0 Å². The normalized spacial score (nSPS) is 11.4. The lowest BCUT2D eigenvalue weighted by Crippen LogP contribution is -2.15. The smallest absolute Gasteiger partial charge is 0.313 e. The molecule has 2 aromatic rings. The molecule has 2 heterocycles. The van der Waals surface area contributed by atoms with Crippen molar-refractivity contribution in [1.29, 1.82) is 0 Å². The molecule has 114 valence electrons. The molecule has 2 aromatic heterocycles. The van der Waals surface area contributed by atoms with Crippen LogP contribution in [0.15, 0.2) is 17.4 Å². The Morgan fingerprint density at radius 3 is 2.90 bits per heavy atom. The molecule has 0 aliphatic heterocycles. The third kappa shape index (κ3) is 4.18. The van der Waals surface area contributed by atoms with Crippen molar-refractivity contribution in [2.45, 2.75) is 25.0 Å². The first kappa shape index (κ1) is 15.8. The number of thioether (sulfide) groups is 1. The number of pyridine rings is 1. The topological polar surface area (TPSA) is 71.2 Å². The van der Waals surface area contributed by atoms with Gasteiger partial charge in [-0.15, -0.1) is 0 Å². The number of aromatic nitrogens is 3. The minimum atomic E-state index is -0.837. The van der Waals surface area contributed by atoms with E-state index in [1.54, 1.807) is 0 Å². The molecule has 1 N–H and O–H groups in total. The molecule has 6 nitrogen and oxygen atoms in total. The van der Waals surface area contributed by atoms with Gasteiger partial charge in [-0.2, -0.15) is 0 Å². The van der Waals surface area contributed by atoms with E-state index in [2.05, 4.69) is 14.9 Å². The number of rotatable bonds is 7. The molecule has 2 rings (SSSR count). The highest BCUT2D eigenvalue weighted by atomic mass is 32.2. The van der Waals surface area contributed by atoms with Crippen molar-refractivity contribution in [3.63, 3.8) is 0 Å². The van der Waals surface area contributed by atoms with Crippen molar-refractivity contribution in [1.82, 2.24) is 19.4 Å². The summed E-state index contributed by atoms with van der Waals surface area (Å²) in [7, 11) is 4.07. The van der Waals surface area contributed by atoms with Gasteiger partial charge in [-0.25, -0.2) is 9.97 Å². The zero-order valence-corrected chi connectivity index (χ0v) is 13.4. The summed E-state index contributed by atoms with van der Waals surface area (Å²) in [6.07, 6.45) is 2.78. The van der Waals surface area contributed by atoms with Crippen LogP contribution in [-0.2, 0) is 11.3 Å². The minimum Gasteiger partial charge on any atom is -0.481 e. The van der Waals surface area contributed by atoms with E-state index in [0.717, 1.165) is 41.4 Å². The minimum absolute atomic E-state index is 0.00991. The number of carboxylic acid groups (broad SMARTS) is 1. The number of carboxylic acids is 1. The molecule has 0 saturated carbocycles. The molecular weight excluding hydrogens is 288 g/mol. The predicted octanol–water partition coefficient (Wildman–Crippen LogP) is 1.87. The van der Waals surface area contributed by atoms with E-state index in [1.165, 1.54) is 11.8 Å². The maximum Gasteiger partial charge on any atom is 0.313 e. The van der Waals surface area contributed by atoms with Crippen LogP contribution in [0.4, 0.5) is 0 Å². The average molecular weight is 308 g/mol. The van der Waals surface area contributed by atoms with Crippen molar-refractivity contribution in [3.05, 3.63) is 17.8 Å². The summed E-state index contributed by atoms with van der Waals surface area (Å²) >= 11 is 1.24. The monoisotopic (exact) mass is 308 g/mol. The molecule has 0 fully saturated rings. The van der Waals surface area contributed by atoms with E-state index >= 15 is 0 Å². The summed E-state index contributed by atoms with van der Waals surface area (Å²) < 4.78 is 2.02. The fourth-order valence-corrected chi connectivity index (χ4v) is 2.82. The van der Waals surface area contributed by atoms with Gasteiger partial charge >= 0.3 is 5.97 Å². The number of hydrogen-bond acceptors (Lipinski definition) is 5. The Kier molecular flexibility index (Phi) is 5.19. The van der Waals surface area contributed by atoms with Gasteiger partial charge in [0.15, 0.2) is 10.8 Å². The van der Waals surface area contributed by atoms with Gasteiger partial charge in [-0.1, -0.05) is 11.8 Å². The number of fused-ring (bicyclic) bond motifs is 1. The van der Waals surface area contributed by atoms with Crippen LogP contribution in [0.2, 0.25) is 0 Å². The fourth-order valence-electron chi connectivity index (χ4n) is 2.07. The standard InChI is InChI=1S/C14H20N4O2S/c1-10-7-11-13(15-8-10)18(6-4-5-17(2)3)14(16-11)21-9-12(19)20/h7-8H,4-6,9H2,1-3H3,(H,19,20). The van der Waals surface area contributed by atoms with E-state index < -0.39 is 5.97 Å². The largest absolute Gasteiger partial charge is 0.481 e. The highest BCUT2D eigenvalue weighted by Gasteiger charge is 2.13. The van der Waals surface area contributed by atoms with E-state index in [-0.39, 0.29) is 5.75 Å². The molecule has 0 aliphatic carbocycles. The summed E-state index contributed by atoms with van der Waals surface area (Å²) in [6, 6.07) is 1.98. The predicted molar refractivity (Wildman–Crippen MR) is 83.8 cm³/mol. The Morgan fingerprint density at radius 1 is 1.48 bits per heavy atom. The number of carbonyl (C=O) groups is 1. The molecular formula is C14H20N4O2S. The number of imidazole rings is 1. The van der Waals surface area contributed by atoms with Crippen LogP contribution in [-0.4, -0.2) is 56.9 Å². The molecule has 0 aromatic carbocycles. The molecule has 7 heteroatoms. The van der Waals surface area contributed by atoms with E-state index in [1.807, 2.05) is 37.8 Å². The Labute approximate surface area is 128 Å². The third-order valence-electron chi connectivity index (χ3n) is 3.00. The van der Waals surface area contributed by atoms with Gasteiger partial charge in [0.25, 0.3) is 0 Å². The van der Waals surface area contributed by atoms with Gasteiger partial charge in [-0.05, 0) is 45.6 Å². The molecule has 0 bridgehead atoms. The first-order valence-electron chi connectivity index (χ1n) is 6.79. The van der Waals surface area contributed by atoms with Gasteiger partial charge in [0.2, 0.25) is 0 Å². The van der Waals surface area contributed by atoms with Crippen LogP contribution in [0.5, 0.6) is 0 Å². The van der Waals surface area contributed by atoms with Crippen LogP contribution in [0, 0.1) is 6.92 Å². The number of aryl methyl sites for hydroxylation is 2. The van der Waals surface area contributed by atoms with Crippen molar-refractivity contribution in [2.24, 2.45) is 0 Å². The number of aliphatic carboxylic acids is 1. The van der Waals surface area contributed by atoms with Crippen molar-refractivity contribution >= 4 is 28.9 Å². The van der Waals surface area contributed by atoms with Crippen LogP contribution < -0.4 is 0 Å². The highest BCUT2D eigenvalue weighted by Crippen LogP contribution is 2.23. The Morgan fingerprint density at radius 2 is 2.24 bits per heavy atom. The fraction of sp³-hybridized carbons (Fsp3) is 0.500. The van der Waals surface area contributed by atoms with Gasteiger partial charge in [0.1, 0.15) is 5.52 Å². The quantitative estimate of drug-likeness (QED) is 0.787. The zero-order valence-electron chi connectivity index (χ0n) is 12.5. The van der Waals surface area contributed by atoms with Crippen LogP contribution >= 0.6 is 11.8 Å². The van der Waals surface area contributed by atoms with Crippen molar-refractivity contribution < 1.29 is 9.90 Å². The molecule has 0 aliphatic rings. The SMILES string of the molecule is Cc1cnc2c(c1)nc(SCC(=O)O)n2CCCN(C)C. The average Bonchev–Trinajstić information content (AvgIpc) is 2.73. The van der Waals surface area contributed by atoms with E-state index in [9.17, 15) is 4.79 Å². The summed E-state index contributed by atoms with van der Waals surface area (Å²) in [6.45, 7) is 3.73. The molecule has 0 spiro atoms. The van der Waals surface area contributed by atoms with Crippen LogP contribution in [0.3, 0.4) is 0 Å². The first-order valence-corrected chi connectivity index (χ1v) is 7.78. The van der Waals surface area contributed by atoms with Gasteiger partial charge in [0.05, 0.1) is 5.75 Å². The molecule has 0 saturated heterocycles. The van der Waals surface area contributed by atoms with Crippen LogP contribution in [0.25, 0.3) is 11.2 Å². The number of hydrogen-bond donors (Lipinski definition) is 1. The second-order valence-electron chi connectivity index (χ2n) is 5.24. The summed E-state index contributed by atoms with van der Waals surface area (Å²) in [4.78, 5) is 21.9. The Hall–Kier alpha value is -1.60. The van der Waals surface area contributed by atoms with E-state index in [0.29, 0.717) is 0 Å². The number of nitrogens with zero attached hydrogens (tertiary/aromatic N) is 4. The summed E-state index contributed by atoms with van der Waals surface area (Å²) in [5, 5.41) is 9.58. The molecule has 0 radical (unpaired) electrons. The summed E-state index contributed by atoms with van der Waals surface area (Å²) in [5.41, 5.74) is 2.70. The summed E-state index contributed by atoms with van der Waals surface area (Å²) in [5.74, 6) is -0.827. The first-order chi connectivity index (χ1) is 9.97. The van der Waals surface area contributed by atoms with Gasteiger partial charge < -0.3 is 14.6 Å². The maximum atomic E-state index is 10.8. The molecule has 21 heavy (non-hydrogen) atoms. The maximum absolute atomic E-state index is 10.8. The van der Waals surface area contributed by atoms with Gasteiger partial charge in [-0.3, -0.25) is 4.79 Å². The molecule has 0 amide bonds. The lowest BCUT2D eigenvalue weighted by atomic mass is 10.3. The lowest BCUT2D eigenvalue weighted by molar-refractivity contribution is -0.133. The Bertz CT molecular complexity index is 639. The van der Waals surface area contributed by atoms with Crippen molar-refractivity contribution in [2.75, 3.05) is 26.4 Å². The van der Waals surface area contributed by atoms with Gasteiger partial charge in [0, 0.05) is 12.7 Å². The zero-order chi connectivity index (χ0) is 15.4.